The van der Waals surface area contributed by atoms with Gasteiger partial charge in [0.05, 0.1) is 6.10 Å². The van der Waals surface area contributed by atoms with Crippen molar-refractivity contribution in [1.82, 2.24) is 5.32 Å². The number of rotatable bonds is 6. The van der Waals surface area contributed by atoms with Crippen molar-refractivity contribution < 1.29 is 27.5 Å². The quantitative estimate of drug-likeness (QED) is 0.762. The number of hydrogen-bond acceptors (Lipinski definition) is 3. The smallest absolute Gasteiger partial charge is 0.461 e. The Bertz CT molecular complexity index is 331. The summed E-state index contributed by atoms with van der Waals surface area (Å²) in [5, 5.41) is 1.69. The topological polar surface area (TPSA) is 55.4 Å². The van der Waals surface area contributed by atoms with E-state index >= 15 is 0 Å². The molecular weight excluding hydrogens is 263 g/mol. The first-order valence-electron chi connectivity index (χ1n) is 6.17. The van der Waals surface area contributed by atoms with Gasteiger partial charge >= 0.3 is 18.1 Å². The molecule has 0 aromatic rings. The van der Waals surface area contributed by atoms with Crippen molar-refractivity contribution in [2.45, 2.75) is 64.8 Å². The van der Waals surface area contributed by atoms with Crippen LogP contribution in [0.25, 0.3) is 0 Å². The Kier molecular flexibility index (Phi) is 6.32. The third-order valence-corrected chi connectivity index (χ3v) is 2.81. The molecule has 0 aliphatic rings. The molecule has 19 heavy (non-hydrogen) atoms. The molecule has 0 aromatic heterocycles. The number of halogens is 3. The highest BCUT2D eigenvalue weighted by molar-refractivity contribution is 5.90. The van der Waals surface area contributed by atoms with Crippen molar-refractivity contribution in [3.05, 3.63) is 0 Å². The van der Waals surface area contributed by atoms with Gasteiger partial charge in [0.1, 0.15) is 5.54 Å². The van der Waals surface area contributed by atoms with E-state index in [9.17, 15) is 22.8 Å². The lowest BCUT2D eigenvalue weighted by atomic mass is 9.99. The van der Waals surface area contributed by atoms with Gasteiger partial charge in [-0.3, -0.25) is 4.79 Å². The summed E-state index contributed by atoms with van der Waals surface area (Å²) in [7, 11) is 0. The molecule has 0 rings (SSSR count). The monoisotopic (exact) mass is 283 g/mol. The van der Waals surface area contributed by atoms with Gasteiger partial charge in [-0.15, -0.1) is 0 Å². The van der Waals surface area contributed by atoms with Crippen LogP contribution in [0.1, 0.15) is 47.0 Å². The normalized spacial score (nSPS) is 16.4. The van der Waals surface area contributed by atoms with Crippen LogP contribution in [0, 0.1) is 0 Å². The molecule has 0 fully saturated rings. The molecule has 112 valence electrons. The summed E-state index contributed by atoms with van der Waals surface area (Å²) < 4.78 is 41.6. The summed E-state index contributed by atoms with van der Waals surface area (Å²) in [6.45, 7) is 6.28. The van der Waals surface area contributed by atoms with Crippen LogP contribution in [0.15, 0.2) is 0 Å². The molecular formula is C12H20F3NO3. The van der Waals surface area contributed by atoms with Gasteiger partial charge in [0, 0.05) is 0 Å². The van der Waals surface area contributed by atoms with Crippen molar-refractivity contribution in [1.29, 1.82) is 0 Å². The Balaban J connectivity index is 4.77. The van der Waals surface area contributed by atoms with Crippen LogP contribution in [0.2, 0.25) is 0 Å². The number of ether oxygens (including phenoxy) is 1. The van der Waals surface area contributed by atoms with E-state index in [1.54, 1.807) is 12.2 Å². The fraction of sp³-hybridized carbons (Fsp3) is 0.833. The summed E-state index contributed by atoms with van der Waals surface area (Å²) in [6.07, 6.45) is -4.02. The SMILES string of the molecule is CCCC(C)OC(=O)C(C)(CC)NC(=O)C(F)(F)F. The number of nitrogens with one attached hydrogen (secondary N) is 1. The Morgan fingerprint density at radius 3 is 2.16 bits per heavy atom. The maximum atomic E-state index is 12.2. The second kappa shape index (κ2) is 6.77. The van der Waals surface area contributed by atoms with E-state index in [-0.39, 0.29) is 6.42 Å². The number of carbonyl (C=O) groups excluding carboxylic acids is 2. The largest absolute Gasteiger partial charge is 0.471 e. The first kappa shape index (κ1) is 17.7. The van der Waals surface area contributed by atoms with Crippen molar-refractivity contribution >= 4 is 11.9 Å². The third kappa shape index (κ3) is 5.48. The summed E-state index contributed by atoms with van der Waals surface area (Å²) >= 11 is 0. The zero-order chi connectivity index (χ0) is 15.3. The lowest BCUT2D eigenvalue weighted by Crippen LogP contribution is -2.56. The van der Waals surface area contributed by atoms with Gasteiger partial charge in [-0.05, 0) is 26.7 Å². The van der Waals surface area contributed by atoms with E-state index in [1.165, 1.54) is 13.8 Å². The second-order valence-corrected chi connectivity index (χ2v) is 4.64. The highest BCUT2D eigenvalue weighted by Crippen LogP contribution is 2.20. The van der Waals surface area contributed by atoms with Crippen molar-refractivity contribution in [3.8, 4) is 0 Å². The van der Waals surface area contributed by atoms with Crippen LogP contribution in [0.3, 0.4) is 0 Å². The van der Waals surface area contributed by atoms with Crippen LogP contribution < -0.4 is 5.32 Å². The van der Waals surface area contributed by atoms with Gasteiger partial charge in [-0.1, -0.05) is 20.3 Å². The van der Waals surface area contributed by atoms with E-state index in [0.717, 1.165) is 6.42 Å². The number of esters is 1. The molecule has 0 aliphatic heterocycles. The second-order valence-electron chi connectivity index (χ2n) is 4.64. The van der Waals surface area contributed by atoms with Gasteiger partial charge in [-0.2, -0.15) is 13.2 Å². The minimum absolute atomic E-state index is 0.00645. The van der Waals surface area contributed by atoms with Crippen LogP contribution in [0.4, 0.5) is 13.2 Å². The van der Waals surface area contributed by atoms with Crippen molar-refractivity contribution in [3.63, 3.8) is 0 Å². The maximum Gasteiger partial charge on any atom is 0.471 e. The Morgan fingerprint density at radius 1 is 1.26 bits per heavy atom. The lowest BCUT2D eigenvalue weighted by Gasteiger charge is -2.29. The molecule has 2 unspecified atom stereocenters. The van der Waals surface area contributed by atoms with Crippen LogP contribution >= 0.6 is 0 Å². The molecule has 4 nitrogen and oxygen atoms in total. The maximum absolute atomic E-state index is 12.2. The molecule has 1 N–H and O–H groups in total. The molecule has 1 amide bonds. The zero-order valence-electron chi connectivity index (χ0n) is 11.6. The molecule has 0 heterocycles. The number of alkyl halides is 3. The minimum atomic E-state index is -5.02. The van der Waals surface area contributed by atoms with Crippen LogP contribution in [-0.2, 0) is 14.3 Å². The number of hydrogen-bond donors (Lipinski definition) is 1. The standard InChI is InChI=1S/C12H20F3NO3/c1-5-7-8(3)19-10(18)11(4,6-2)16-9(17)12(13,14)15/h8H,5-7H2,1-4H3,(H,16,17). The summed E-state index contributed by atoms with van der Waals surface area (Å²) in [6, 6.07) is 0. The highest BCUT2D eigenvalue weighted by Gasteiger charge is 2.45. The van der Waals surface area contributed by atoms with E-state index in [0.29, 0.717) is 6.42 Å². The lowest BCUT2D eigenvalue weighted by molar-refractivity contribution is -0.179. The summed E-state index contributed by atoms with van der Waals surface area (Å²) in [4.78, 5) is 22.8. The number of carbonyl (C=O) groups is 2. The Morgan fingerprint density at radius 2 is 1.79 bits per heavy atom. The van der Waals surface area contributed by atoms with E-state index in [1.807, 2.05) is 6.92 Å². The first-order valence-corrected chi connectivity index (χ1v) is 6.17. The molecule has 2 atom stereocenters. The Labute approximate surface area is 110 Å². The fourth-order valence-electron chi connectivity index (χ4n) is 1.38. The summed E-state index contributed by atoms with van der Waals surface area (Å²) in [5.74, 6) is -2.99. The average Bonchev–Trinajstić information content (AvgIpc) is 2.27. The third-order valence-electron chi connectivity index (χ3n) is 2.81. The van der Waals surface area contributed by atoms with E-state index in [2.05, 4.69) is 0 Å². The number of amides is 1. The highest BCUT2D eigenvalue weighted by atomic mass is 19.4. The Hall–Kier alpha value is -1.27. The van der Waals surface area contributed by atoms with Crippen LogP contribution in [-0.4, -0.2) is 29.7 Å². The molecule has 0 saturated carbocycles. The molecule has 0 aromatic carbocycles. The minimum Gasteiger partial charge on any atom is -0.461 e. The molecule has 0 bridgehead atoms. The van der Waals surface area contributed by atoms with E-state index < -0.39 is 29.7 Å². The van der Waals surface area contributed by atoms with Gasteiger partial charge in [-0.25, -0.2) is 4.79 Å². The van der Waals surface area contributed by atoms with Gasteiger partial charge in [0.15, 0.2) is 0 Å². The summed E-state index contributed by atoms with van der Waals surface area (Å²) in [5.41, 5.74) is -1.67. The first-order chi connectivity index (χ1) is 8.56. The van der Waals surface area contributed by atoms with Crippen molar-refractivity contribution in [2.75, 3.05) is 0 Å². The van der Waals surface area contributed by atoms with E-state index in [4.69, 9.17) is 4.74 Å². The average molecular weight is 283 g/mol. The molecule has 0 radical (unpaired) electrons. The van der Waals surface area contributed by atoms with Gasteiger partial charge < -0.3 is 10.1 Å². The predicted molar refractivity (Wildman–Crippen MR) is 63.4 cm³/mol. The molecule has 0 saturated heterocycles. The molecule has 7 heteroatoms. The van der Waals surface area contributed by atoms with Crippen molar-refractivity contribution in [2.24, 2.45) is 0 Å². The van der Waals surface area contributed by atoms with Gasteiger partial charge in [0.25, 0.3) is 0 Å². The zero-order valence-corrected chi connectivity index (χ0v) is 11.6. The predicted octanol–water partition coefficient (Wildman–Crippen LogP) is 2.57. The fourth-order valence-corrected chi connectivity index (χ4v) is 1.38. The van der Waals surface area contributed by atoms with Crippen LogP contribution in [0.5, 0.6) is 0 Å². The molecule has 0 aliphatic carbocycles. The van der Waals surface area contributed by atoms with Gasteiger partial charge in [0.2, 0.25) is 0 Å². The molecule has 0 spiro atoms.